The quantitative estimate of drug-likeness (QED) is 0.837. The number of hydrogen-bond acceptors (Lipinski definition) is 1. The number of hydrogen-bond donors (Lipinski definition) is 1. The molecule has 0 fully saturated rings. The molecule has 0 atom stereocenters. The number of rotatable bonds is 4. The molecule has 2 aromatic rings. The van der Waals surface area contributed by atoms with Gasteiger partial charge in [-0.2, -0.15) is 4.57 Å². The number of para-hydroxylation sites is 1. The lowest BCUT2D eigenvalue weighted by Crippen LogP contribution is -2.43. The van der Waals surface area contributed by atoms with Gasteiger partial charge in [0.05, 0.1) is 0 Å². The van der Waals surface area contributed by atoms with Crippen molar-refractivity contribution in [3.05, 3.63) is 59.9 Å². The van der Waals surface area contributed by atoms with E-state index < -0.39 is 0 Å². The third kappa shape index (κ3) is 3.65. The number of nitrogens with zero attached hydrogens (tertiary/aromatic N) is 1. The van der Waals surface area contributed by atoms with Gasteiger partial charge in [-0.05, 0) is 24.6 Å². The minimum absolute atomic E-state index is 0.00690. The van der Waals surface area contributed by atoms with Crippen molar-refractivity contribution < 1.29 is 9.36 Å². The molecular weight excluding hydrogens is 236 g/mol. The maximum atomic E-state index is 12.0. The molecular formula is C16H19N2O+. The monoisotopic (exact) mass is 255 g/mol. The molecule has 0 saturated heterocycles. The fourth-order valence-electron chi connectivity index (χ4n) is 1.92. The van der Waals surface area contributed by atoms with E-state index >= 15 is 0 Å². The number of carbonyl (C=O) groups excluding carboxylic acids is 1. The Hall–Kier alpha value is -2.16. The summed E-state index contributed by atoms with van der Waals surface area (Å²) >= 11 is 0. The molecule has 0 aliphatic rings. The van der Waals surface area contributed by atoms with Crippen LogP contribution in [0.25, 0.3) is 0 Å². The Morgan fingerprint density at radius 2 is 1.89 bits per heavy atom. The highest BCUT2D eigenvalue weighted by Gasteiger charge is 2.13. The van der Waals surface area contributed by atoms with Crippen LogP contribution in [0.2, 0.25) is 0 Å². The predicted octanol–water partition coefficient (Wildman–Crippen LogP) is 2.48. The summed E-state index contributed by atoms with van der Waals surface area (Å²) in [5.41, 5.74) is 3.15. The molecule has 3 heteroatoms. The number of carbonyl (C=O) groups is 1. The molecule has 0 saturated carbocycles. The highest BCUT2D eigenvalue weighted by Crippen LogP contribution is 2.04. The molecule has 19 heavy (non-hydrogen) atoms. The standard InChI is InChI=1S/C16H18N2O/c1-3-14-10-9-13(2)18(11-14)12-16(19)17-15-7-5-4-6-8-15/h4-11H,3,12H2,1-2H3/p+1. The molecule has 0 unspecified atom stereocenters. The van der Waals surface area contributed by atoms with Gasteiger partial charge in [-0.1, -0.05) is 25.1 Å². The lowest BCUT2D eigenvalue weighted by molar-refractivity contribution is -0.690. The Morgan fingerprint density at radius 1 is 1.16 bits per heavy atom. The molecule has 0 radical (unpaired) electrons. The van der Waals surface area contributed by atoms with Crippen molar-refractivity contribution in [2.45, 2.75) is 26.8 Å². The average molecular weight is 255 g/mol. The predicted molar refractivity (Wildman–Crippen MR) is 75.8 cm³/mol. The smallest absolute Gasteiger partial charge is 0.290 e. The number of amides is 1. The maximum Gasteiger partial charge on any atom is 0.290 e. The highest BCUT2D eigenvalue weighted by atomic mass is 16.1. The van der Waals surface area contributed by atoms with E-state index in [1.165, 1.54) is 5.56 Å². The number of aromatic nitrogens is 1. The Morgan fingerprint density at radius 3 is 2.58 bits per heavy atom. The molecule has 0 spiro atoms. The summed E-state index contributed by atoms with van der Waals surface area (Å²) in [5.74, 6) is -0.00690. The molecule has 2 rings (SSSR count). The van der Waals surface area contributed by atoms with E-state index in [-0.39, 0.29) is 5.91 Å². The second-order valence-corrected chi connectivity index (χ2v) is 4.57. The van der Waals surface area contributed by atoms with Gasteiger partial charge < -0.3 is 5.32 Å². The van der Waals surface area contributed by atoms with Crippen LogP contribution in [0.5, 0.6) is 0 Å². The van der Waals surface area contributed by atoms with Crippen LogP contribution in [0, 0.1) is 6.92 Å². The van der Waals surface area contributed by atoms with Gasteiger partial charge in [0.25, 0.3) is 5.91 Å². The van der Waals surface area contributed by atoms with Crippen molar-refractivity contribution >= 4 is 11.6 Å². The van der Waals surface area contributed by atoms with Crippen LogP contribution in [0.3, 0.4) is 0 Å². The number of nitrogens with one attached hydrogen (secondary N) is 1. The van der Waals surface area contributed by atoms with Crippen LogP contribution in [0.4, 0.5) is 5.69 Å². The first kappa shape index (κ1) is 13.3. The molecule has 98 valence electrons. The van der Waals surface area contributed by atoms with Crippen LogP contribution in [-0.4, -0.2) is 5.91 Å². The van der Waals surface area contributed by atoms with Gasteiger partial charge in [0, 0.05) is 24.2 Å². The van der Waals surface area contributed by atoms with Crippen molar-refractivity contribution in [3.63, 3.8) is 0 Å². The van der Waals surface area contributed by atoms with Crippen LogP contribution in [0.15, 0.2) is 48.7 Å². The Bertz CT molecular complexity index is 564. The molecule has 1 amide bonds. The van der Waals surface area contributed by atoms with E-state index in [1.54, 1.807) is 0 Å². The van der Waals surface area contributed by atoms with E-state index in [2.05, 4.69) is 24.4 Å². The highest BCUT2D eigenvalue weighted by molar-refractivity contribution is 5.89. The van der Waals surface area contributed by atoms with E-state index in [0.29, 0.717) is 6.54 Å². The first-order valence-electron chi connectivity index (χ1n) is 6.53. The zero-order valence-electron chi connectivity index (χ0n) is 11.4. The van der Waals surface area contributed by atoms with Gasteiger partial charge in [0.2, 0.25) is 6.54 Å². The minimum Gasteiger partial charge on any atom is -0.321 e. The Kier molecular flexibility index (Phi) is 4.29. The van der Waals surface area contributed by atoms with Gasteiger partial charge in [0.15, 0.2) is 11.9 Å². The fourth-order valence-corrected chi connectivity index (χ4v) is 1.92. The summed E-state index contributed by atoms with van der Waals surface area (Å²) in [6.07, 6.45) is 3.01. The van der Waals surface area contributed by atoms with Crippen LogP contribution in [0.1, 0.15) is 18.2 Å². The minimum atomic E-state index is -0.00690. The van der Waals surface area contributed by atoms with Crippen molar-refractivity contribution in [1.29, 1.82) is 0 Å². The summed E-state index contributed by atoms with van der Waals surface area (Å²) in [6.45, 7) is 4.46. The Labute approximate surface area is 113 Å². The number of benzene rings is 1. The molecule has 0 bridgehead atoms. The average Bonchev–Trinajstić information content (AvgIpc) is 2.42. The van der Waals surface area contributed by atoms with E-state index in [0.717, 1.165) is 17.8 Å². The van der Waals surface area contributed by atoms with E-state index in [1.807, 2.05) is 48.0 Å². The Balaban J connectivity index is 2.06. The molecule has 1 heterocycles. The van der Waals surface area contributed by atoms with Crippen LogP contribution < -0.4 is 9.88 Å². The van der Waals surface area contributed by atoms with E-state index in [4.69, 9.17) is 0 Å². The van der Waals surface area contributed by atoms with Gasteiger partial charge in [-0.25, -0.2) is 0 Å². The van der Waals surface area contributed by atoms with Crippen molar-refractivity contribution in [2.24, 2.45) is 0 Å². The van der Waals surface area contributed by atoms with Crippen LogP contribution in [-0.2, 0) is 17.8 Å². The number of pyridine rings is 1. The second kappa shape index (κ2) is 6.14. The SMILES string of the molecule is CCc1ccc(C)[n+](CC(=O)Nc2ccccc2)c1. The molecule has 0 aliphatic carbocycles. The van der Waals surface area contributed by atoms with Gasteiger partial charge in [-0.15, -0.1) is 0 Å². The largest absolute Gasteiger partial charge is 0.321 e. The summed E-state index contributed by atoms with van der Waals surface area (Å²) in [6, 6.07) is 13.7. The topological polar surface area (TPSA) is 33.0 Å². The summed E-state index contributed by atoms with van der Waals surface area (Å²) in [5, 5.41) is 2.90. The zero-order valence-corrected chi connectivity index (χ0v) is 11.4. The van der Waals surface area contributed by atoms with Gasteiger partial charge in [-0.3, -0.25) is 4.79 Å². The lowest BCUT2D eigenvalue weighted by Gasteiger charge is -2.05. The second-order valence-electron chi connectivity index (χ2n) is 4.57. The lowest BCUT2D eigenvalue weighted by atomic mass is 10.2. The first-order chi connectivity index (χ1) is 9.19. The third-order valence-electron chi connectivity index (χ3n) is 3.09. The third-order valence-corrected chi connectivity index (χ3v) is 3.09. The summed E-state index contributed by atoms with van der Waals surface area (Å²) < 4.78 is 1.98. The van der Waals surface area contributed by atoms with Crippen LogP contribution >= 0.6 is 0 Å². The molecule has 1 aromatic carbocycles. The first-order valence-corrected chi connectivity index (χ1v) is 6.53. The number of aryl methyl sites for hydroxylation is 2. The zero-order chi connectivity index (χ0) is 13.7. The molecule has 3 nitrogen and oxygen atoms in total. The molecule has 1 aromatic heterocycles. The summed E-state index contributed by atoms with van der Waals surface area (Å²) in [4.78, 5) is 12.0. The molecule has 1 N–H and O–H groups in total. The van der Waals surface area contributed by atoms with Gasteiger partial charge in [0.1, 0.15) is 0 Å². The van der Waals surface area contributed by atoms with Crippen molar-refractivity contribution in [1.82, 2.24) is 0 Å². The van der Waals surface area contributed by atoms with Gasteiger partial charge >= 0.3 is 0 Å². The van der Waals surface area contributed by atoms with Crippen molar-refractivity contribution in [3.8, 4) is 0 Å². The normalized spacial score (nSPS) is 10.2. The van der Waals surface area contributed by atoms with Crippen molar-refractivity contribution in [2.75, 3.05) is 5.32 Å². The number of anilines is 1. The maximum absolute atomic E-state index is 12.0. The molecule has 0 aliphatic heterocycles. The fraction of sp³-hybridized carbons (Fsp3) is 0.250. The summed E-state index contributed by atoms with van der Waals surface area (Å²) in [7, 11) is 0. The van der Waals surface area contributed by atoms with E-state index in [9.17, 15) is 4.79 Å².